The Kier molecular flexibility index (Phi) is 5.10. The molecule has 0 spiro atoms. The summed E-state index contributed by atoms with van der Waals surface area (Å²) in [7, 11) is 0. The Hall–Kier alpha value is -0.750. The standard InChI is InChI=1S/C13H18N2O2S2/c1-3-18-6-7-19-12-10(13(16)17)8(2)14-11(15-12)9-4-5-9/h9H,3-7H2,1-2H3,(H,16,17). The Labute approximate surface area is 121 Å². The minimum atomic E-state index is -0.925. The molecule has 1 fully saturated rings. The van der Waals surface area contributed by atoms with Crippen LogP contribution in [0.25, 0.3) is 0 Å². The van der Waals surface area contributed by atoms with E-state index < -0.39 is 5.97 Å². The first-order valence-corrected chi connectivity index (χ1v) is 8.59. The van der Waals surface area contributed by atoms with Gasteiger partial charge in [-0.25, -0.2) is 14.8 Å². The average molecular weight is 298 g/mol. The zero-order chi connectivity index (χ0) is 13.8. The van der Waals surface area contributed by atoms with Gasteiger partial charge in [-0.15, -0.1) is 11.8 Å². The second-order valence-corrected chi connectivity index (χ2v) is 6.95. The van der Waals surface area contributed by atoms with Gasteiger partial charge in [-0.05, 0) is 25.5 Å². The van der Waals surface area contributed by atoms with Crippen molar-refractivity contribution in [1.82, 2.24) is 9.97 Å². The highest BCUT2D eigenvalue weighted by atomic mass is 32.2. The lowest BCUT2D eigenvalue weighted by Gasteiger charge is -2.09. The Morgan fingerprint density at radius 1 is 1.37 bits per heavy atom. The molecule has 0 aliphatic heterocycles. The molecule has 1 heterocycles. The third kappa shape index (κ3) is 3.86. The molecule has 1 saturated carbocycles. The normalized spacial score (nSPS) is 14.6. The Bertz CT molecular complexity index is 476. The minimum absolute atomic E-state index is 0.274. The first-order chi connectivity index (χ1) is 9.13. The summed E-state index contributed by atoms with van der Waals surface area (Å²) in [5.74, 6) is 3.34. The van der Waals surface area contributed by atoms with Gasteiger partial charge in [-0.3, -0.25) is 0 Å². The van der Waals surface area contributed by atoms with Crippen molar-refractivity contribution in [2.45, 2.75) is 37.6 Å². The lowest BCUT2D eigenvalue weighted by Crippen LogP contribution is -2.09. The van der Waals surface area contributed by atoms with E-state index in [0.29, 0.717) is 16.6 Å². The molecule has 2 rings (SSSR count). The van der Waals surface area contributed by atoms with Crippen molar-refractivity contribution in [1.29, 1.82) is 0 Å². The van der Waals surface area contributed by atoms with Crippen LogP contribution in [0.4, 0.5) is 0 Å². The summed E-state index contributed by atoms with van der Waals surface area (Å²) in [5.41, 5.74) is 0.867. The van der Waals surface area contributed by atoms with Crippen molar-refractivity contribution in [3.8, 4) is 0 Å². The minimum Gasteiger partial charge on any atom is -0.478 e. The van der Waals surface area contributed by atoms with Crippen molar-refractivity contribution in [3.63, 3.8) is 0 Å². The quantitative estimate of drug-likeness (QED) is 0.474. The molecule has 0 radical (unpaired) electrons. The molecule has 4 nitrogen and oxygen atoms in total. The smallest absolute Gasteiger partial charge is 0.340 e. The first kappa shape index (κ1) is 14.7. The zero-order valence-electron chi connectivity index (χ0n) is 11.2. The highest BCUT2D eigenvalue weighted by Crippen LogP contribution is 2.39. The molecular weight excluding hydrogens is 280 g/mol. The van der Waals surface area contributed by atoms with E-state index in [-0.39, 0.29) is 5.56 Å². The summed E-state index contributed by atoms with van der Waals surface area (Å²) in [4.78, 5) is 20.2. The predicted octanol–water partition coefficient (Wildman–Crippen LogP) is 3.21. The molecule has 1 aromatic heterocycles. The van der Waals surface area contributed by atoms with E-state index in [2.05, 4.69) is 16.9 Å². The van der Waals surface area contributed by atoms with Gasteiger partial charge in [0.1, 0.15) is 16.4 Å². The van der Waals surface area contributed by atoms with Gasteiger partial charge in [-0.2, -0.15) is 11.8 Å². The molecule has 104 valence electrons. The number of thioether (sulfide) groups is 2. The Morgan fingerprint density at radius 3 is 2.68 bits per heavy atom. The van der Waals surface area contributed by atoms with E-state index in [0.717, 1.165) is 35.9 Å². The molecule has 0 atom stereocenters. The second kappa shape index (κ2) is 6.61. The van der Waals surface area contributed by atoms with Gasteiger partial charge >= 0.3 is 5.97 Å². The number of carboxylic acid groups (broad SMARTS) is 1. The topological polar surface area (TPSA) is 63.1 Å². The molecule has 6 heteroatoms. The van der Waals surface area contributed by atoms with Crippen LogP contribution >= 0.6 is 23.5 Å². The van der Waals surface area contributed by atoms with Crippen LogP contribution in [-0.2, 0) is 0 Å². The van der Waals surface area contributed by atoms with E-state index in [9.17, 15) is 9.90 Å². The van der Waals surface area contributed by atoms with E-state index in [1.165, 1.54) is 11.8 Å². The lowest BCUT2D eigenvalue weighted by molar-refractivity contribution is 0.0690. The summed E-state index contributed by atoms with van der Waals surface area (Å²) in [6, 6.07) is 0. The van der Waals surface area contributed by atoms with Gasteiger partial charge < -0.3 is 5.11 Å². The van der Waals surface area contributed by atoms with Crippen molar-refractivity contribution >= 4 is 29.5 Å². The predicted molar refractivity (Wildman–Crippen MR) is 79.4 cm³/mol. The fourth-order valence-electron chi connectivity index (χ4n) is 1.78. The van der Waals surface area contributed by atoms with Crippen LogP contribution in [0, 0.1) is 6.92 Å². The van der Waals surface area contributed by atoms with Crippen molar-refractivity contribution < 1.29 is 9.90 Å². The summed E-state index contributed by atoms with van der Waals surface area (Å²) in [6.45, 7) is 3.89. The van der Waals surface area contributed by atoms with Crippen molar-refractivity contribution in [2.24, 2.45) is 0 Å². The van der Waals surface area contributed by atoms with Gasteiger partial charge in [0.15, 0.2) is 0 Å². The third-order valence-electron chi connectivity index (χ3n) is 2.90. The molecule has 0 bridgehead atoms. The van der Waals surface area contributed by atoms with Crippen LogP contribution in [0.1, 0.15) is 47.6 Å². The van der Waals surface area contributed by atoms with Gasteiger partial charge in [0.05, 0.1) is 5.69 Å². The number of aryl methyl sites for hydroxylation is 1. The number of carboxylic acids is 1. The number of hydrogen-bond donors (Lipinski definition) is 1. The largest absolute Gasteiger partial charge is 0.478 e. The van der Waals surface area contributed by atoms with E-state index in [1.54, 1.807) is 6.92 Å². The van der Waals surface area contributed by atoms with Gasteiger partial charge in [-0.1, -0.05) is 6.92 Å². The maximum Gasteiger partial charge on any atom is 0.340 e. The SMILES string of the molecule is CCSCCSc1nc(C2CC2)nc(C)c1C(=O)O. The number of aromatic nitrogens is 2. The third-order valence-corrected chi connectivity index (χ3v) is 5.04. The van der Waals surface area contributed by atoms with Gasteiger partial charge in [0.2, 0.25) is 0 Å². The van der Waals surface area contributed by atoms with Crippen LogP contribution in [0.5, 0.6) is 0 Å². The van der Waals surface area contributed by atoms with Crippen LogP contribution in [0.3, 0.4) is 0 Å². The molecule has 1 aliphatic rings. The zero-order valence-corrected chi connectivity index (χ0v) is 12.8. The number of nitrogens with zero attached hydrogens (tertiary/aromatic N) is 2. The maximum atomic E-state index is 11.3. The van der Waals surface area contributed by atoms with Crippen LogP contribution < -0.4 is 0 Å². The summed E-state index contributed by atoms with van der Waals surface area (Å²) >= 11 is 3.39. The van der Waals surface area contributed by atoms with Crippen LogP contribution in [-0.4, -0.2) is 38.3 Å². The summed E-state index contributed by atoms with van der Waals surface area (Å²) in [5, 5.41) is 9.93. The monoisotopic (exact) mass is 298 g/mol. The van der Waals surface area contributed by atoms with Crippen LogP contribution in [0.2, 0.25) is 0 Å². The number of hydrogen-bond acceptors (Lipinski definition) is 5. The highest BCUT2D eigenvalue weighted by Gasteiger charge is 2.29. The first-order valence-electron chi connectivity index (χ1n) is 6.45. The van der Waals surface area contributed by atoms with Crippen molar-refractivity contribution in [3.05, 3.63) is 17.1 Å². The average Bonchev–Trinajstić information content (AvgIpc) is 3.17. The highest BCUT2D eigenvalue weighted by molar-refractivity contribution is 8.02. The lowest BCUT2D eigenvalue weighted by atomic mass is 10.2. The van der Waals surface area contributed by atoms with E-state index in [1.807, 2.05) is 11.8 Å². The fraction of sp³-hybridized carbons (Fsp3) is 0.615. The maximum absolute atomic E-state index is 11.3. The van der Waals surface area contributed by atoms with E-state index in [4.69, 9.17) is 0 Å². The molecule has 1 N–H and O–H groups in total. The molecule has 0 unspecified atom stereocenters. The molecule has 0 saturated heterocycles. The van der Waals surface area contributed by atoms with Crippen molar-refractivity contribution in [2.75, 3.05) is 17.3 Å². The van der Waals surface area contributed by atoms with Crippen LogP contribution in [0.15, 0.2) is 5.03 Å². The number of carbonyl (C=O) groups is 1. The summed E-state index contributed by atoms with van der Waals surface area (Å²) < 4.78 is 0. The molecule has 1 aliphatic carbocycles. The van der Waals surface area contributed by atoms with E-state index >= 15 is 0 Å². The summed E-state index contributed by atoms with van der Waals surface area (Å²) in [6.07, 6.45) is 2.25. The number of rotatable bonds is 7. The Morgan fingerprint density at radius 2 is 2.11 bits per heavy atom. The van der Waals surface area contributed by atoms with Gasteiger partial charge in [0.25, 0.3) is 0 Å². The molecule has 19 heavy (non-hydrogen) atoms. The molecule has 1 aromatic rings. The Balaban J connectivity index is 2.18. The molecular formula is C13H18N2O2S2. The molecule has 0 aromatic carbocycles. The molecule has 0 amide bonds. The second-order valence-electron chi connectivity index (χ2n) is 4.47. The number of aromatic carboxylic acids is 1. The fourth-order valence-corrected chi connectivity index (χ4v) is 3.61. The van der Waals surface area contributed by atoms with Gasteiger partial charge in [0, 0.05) is 17.4 Å².